The summed E-state index contributed by atoms with van der Waals surface area (Å²) in [5.74, 6) is 1.01. The summed E-state index contributed by atoms with van der Waals surface area (Å²) in [5, 5.41) is 4.17. The molecule has 2 saturated heterocycles. The number of hydrogen-bond acceptors (Lipinski definition) is 6. The number of aromatic nitrogens is 1. The third kappa shape index (κ3) is 3.43. The average Bonchev–Trinajstić information content (AvgIpc) is 3.29. The normalized spacial score (nSPS) is 21.6. The maximum Gasteiger partial charge on any atom is 0.225 e. The van der Waals surface area contributed by atoms with E-state index in [-0.39, 0.29) is 17.9 Å². The van der Waals surface area contributed by atoms with Crippen LogP contribution < -0.4 is 15.0 Å². The van der Waals surface area contributed by atoms with Gasteiger partial charge < -0.3 is 19.7 Å². The molecule has 1 aromatic carbocycles. The Kier molecular flexibility index (Phi) is 4.76. The van der Waals surface area contributed by atoms with Gasteiger partial charge in [-0.25, -0.2) is 4.98 Å². The van der Waals surface area contributed by atoms with Crippen molar-refractivity contribution in [3.63, 3.8) is 0 Å². The molecule has 1 amide bonds. The first-order valence-electron chi connectivity index (χ1n) is 8.81. The lowest BCUT2D eigenvalue weighted by Crippen LogP contribution is -2.42. The Balaban J connectivity index is 1.42. The Morgan fingerprint density at radius 1 is 1.36 bits per heavy atom. The summed E-state index contributed by atoms with van der Waals surface area (Å²) >= 11 is 1.66. The van der Waals surface area contributed by atoms with Gasteiger partial charge in [-0.15, -0.1) is 0 Å². The van der Waals surface area contributed by atoms with Crippen molar-refractivity contribution >= 4 is 32.6 Å². The molecular formula is C18H23N3O3S. The van der Waals surface area contributed by atoms with Gasteiger partial charge >= 0.3 is 0 Å². The van der Waals surface area contributed by atoms with Crippen molar-refractivity contribution in [2.24, 2.45) is 5.92 Å². The highest BCUT2D eigenvalue weighted by molar-refractivity contribution is 7.22. The van der Waals surface area contributed by atoms with Crippen LogP contribution in [0, 0.1) is 5.92 Å². The van der Waals surface area contributed by atoms with Gasteiger partial charge in [0.2, 0.25) is 5.91 Å². The van der Waals surface area contributed by atoms with E-state index in [2.05, 4.69) is 16.3 Å². The minimum Gasteiger partial charge on any atom is -0.494 e. The number of fused-ring (bicyclic) bond motifs is 1. The van der Waals surface area contributed by atoms with Crippen LogP contribution in [-0.2, 0) is 9.53 Å². The van der Waals surface area contributed by atoms with E-state index >= 15 is 0 Å². The lowest BCUT2D eigenvalue weighted by atomic mass is 10.1. The number of methoxy groups -OCH3 is 1. The Morgan fingerprint density at radius 3 is 3.00 bits per heavy atom. The lowest BCUT2D eigenvalue weighted by Gasteiger charge is -2.24. The van der Waals surface area contributed by atoms with Gasteiger partial charge in [-0.05, 0) is 31.4 Å². The number of carbonyl (C=O) groups is 1. The summed E-state index contributed by atoms with van der Waals surface area (Å²) in [5.41, 5.74) is 0.903. The topological polar surface area (TPSA) is 63.7 Å². The smallest absolute Gasteiger partial charge is 0.225 e. The van der Waals surface area contributed by atoms with Crippen LogP contribution in [-0.4, -0.2) is 50.3 Å². The van der Waals surface area contributed by atoms with Gasteiger partial charge in [-0.3, -0.25) is 4.79 Å². The molecule has 1 atom stereocenters. The second kappa shape index (κ2) is 7.17. The number of amides is 1. The van der Waals surface area contributed by atoms with Crippen molar-refractivity contribution in [2.75, 3.05) is 38.3 Å². The van der Waals surface area contributed by atoms with Crippen LogP contribution in [0.5, 0.6) is 5.75 Å². The monoisotopic (exact) mass is 361 g/mol. The van der Waals surface area contributed by atoms with Crippen molar-refractivity contribution in [1.82, 2.24) is 10.3 Å². The molecule has 6 nitrogen and oxygen atoms in total. The van der Waals surface area contributed by atoms with Gasteiger partial charge in [0, 0.05) is 32.3 Å². The molecule has 2 aromatic rings. The molecule has 1 aromatic heterocycles. The molecule has 0 aliphatic carbocycles. The third-order valence-electron chi connectivity index (χ3n) is 4.99. The van der Waals surface area contributed by atoms with E-state index in [1.807, 2.05) is 12.1 Å². The lowest BCUT2D eigenvalue weighted by molar-refractivity contribution is -0.125. The largest absolute Gasteiger partial charge is 0.494 e. The van der Waals surface area contributed by atoms with Gasteiger partial charge in [0.15, 0.2) is 5.13 Å². The van der Waals surface area contributed by atoms with Crippen LogP contribution in [0.1, 0.15) is 19.3 Å². The van der Waals surface area contributed by atoms with Crippen molar-refractivity contribution in [3.8, 4) is 5.75 Å². The van der Waals surface area contributed by atoms with Crippen LogP contribution in [0.2, 0.25) is 0 Å². The zero-order valence-corrected chi connectivity index (χ0v) is 15.2. The molecule has 134 valence electrons. The van der Waals surface area contributed by atoms with Gasteiger partial charge in [0.25, 0.3) is 0 Å². The third-order valence-corrected chi connectivity index (χ3v) is 6.07. The first kappa shape index (κ1) is 16.6. The van der Waals surface area contributed by atoms with E-state index in [9.17, 15) is 4.79 Å². The molecule has 0 spiro atoms. The number of ether oxygens (including phenoxy) is 2. The number of para-hydroxylation sites is 1. The molecule has 3 heterocycles. The number of nitrogens with one attached hydrogen (secondary N) is 1. The summed E-state index contributed by atoms with van der Waals surface area (Å²) in [6.45, 7) is 3.09. The maximum absolute atomic E-state index is 12.5. The standard InChI is InChI=1S/C18H23N3O3S/c1-23-14-3-2-4-15-16(14)20-18(25-15)21-8-5-12(11-21)17(22)19-13-6-9-24-10-7-13/h2-4,12-13H,5-11H2,1H3,(H,19,22). The minimum atomic E-state index is 0.0387. The van der Waals surface area contributed by atoms with Crippen LogP contribution in [0.3, 0.4) is 0 Å². The first-order valence-corrected chi connectivity index (χ1v) is 9.63. The molecule has 7 heteroatoms. The highest BCUT2D eigenvalue weighted by Crippen LogP contribution is 2.36. The molecule has 0 saturated carbocycles. The predicted octanol–water partition coefficient (Wildman–Crippen LogP) is 2.43. The SMILES string of the molecule is COc1cccc2sc(N3CCC(C(=O)NC4CCOCC4)C3)nc12. The summed E-state index contributed by atoms with van der Waals surface area (Å²) in [6, 6.07) is 6.24. The zero-order valence-electron chi connectivity index (χ0n) is 14.4. The molecule has 0 radical (unpaired) electrons. The van der Waals surface area contributed by atoms with Crippen LogP contribution in [0.4, 0.5) is 5.13 Å². The Hall–Kier alpha value is -1.86. The second-order valence-corrected chi connectivity index (χ2v) is 7.64. The van der Waals surface area contributed by atoms with E-state index < -0.39 is 0 Å². The quantitative estimate of drug-likeness (QED) is 0.906. The predicted molar refractivity (Wildman–Crippen MR) is 98.5 cm³/mol. The molecule has 2 aliphatic heterocycles. The fourth-order valence-electron chi connectivity index (χ4n) is 3.52. The van der Waals surface area contributed by atoms with Crippen LogP contribution in [0.25, 0.3) is 10.2 Å². The minimum absolute atomic E-state index is 0.0387. The van der Waals surface area contributed by atoms with Gasteiger partial charge in [0.1, 0.15) is 11.3 Å². The van der Waals surface area contributed by atoms with Gasteiger partial charge in [0.05, 0.1) is 17.7 Å². The van der Waals surface area contributed by atoms with E-state index in [1.54, 1.807) is 18.4 Å². The van der Waals surface area contributed by atoms with Crippen molar-refractivity contribution in [3.05, 3.63) is 18.2 Å². The summed E-state index contributed by atoms with van der Waals surface area (Å²) in [6.07, 6.45) is 2.71. The number of nitrogens with zero attached hydrogens (tertiary/aromatic N) is 2. The first-order chi connectivity index (χ1) is 12.2. The molecule has 1 unspecified atom stereocenters. The number of hydrogen-bond donors (Lipinski definition) is 1. The molecule has 1 N–H and O–H groups in total. The van der Waals surface area contributed by atoms with Gasteiger partial charge in [-0.1, -0.05) is 17.4 Å². The fraction of sp³-hybridized carbons (Fsp3) is 0.556. The second-order valence-electron chi connectivity index (χ2n) is 6.63. The number of thiazole rings is 1. The average molecular weight is 361 g/mol. The van der Waals surface area contributed by atoms with Crippen molar-refractivity contribution in [1.29, 1.82) is 0 Å². The van der Waals surface area contributed by atoms with E-state index in [0.29, 0.717) is 0 Å². The van der Waals surface area contributed by atoms with E-state index in [1.165, 1.54) is 0 Å². The summed E-state index contributed by atoms with van der Waals surface area (Å²) in [4.78, 5) is 19.5. The number of benzene rings is 1. The molecule has 25 heavy (non-hydrogen) atoms. The fourth-order valence-corrected chi connectivity index (χ4v) is 4.54. The summed E-state index contributed by atoms with van der Waals surface area (Å²) in [7, 11) is 1.67. The Bertz CT molecular complexity index is 757. The molecule has 0 bridgehead atoms. The molecule has 4 rings (SSSR count). The molecule has 2 fully saturated rings. The number of rotatable bonds is 4. The van der Waals surface area contributed by atoms with Crippen molar-refractivity contribution < 1.29 is 14.3 Å². The maximum atomic E-state index is 12.5. The number of anilines is 1. The zero-order chi connectivity index (χ0) is 17.2. The molecule has 2 aliphatic rings. The van der Waals surface area contributed by atoms with Crippen LogP contribution >= 0.6 is 11.3 Å². The van der Waals surface area contributed by atoms with Crippen LogP contribution in [0.15, 0.2) is 18.2 Å². The Morgan fingerprint density at radius 2 is 2.20 bits per heavy atom. The molecular weight excluding hydrogens is 338 g/mol. The Labute approximate surface area is 151 Å². The highest BCUT2D eigenvalue weighted by Gasteiger charge is 2.31. The highest BCUT2D eigenvalue weighted by atomic mass is 32.1. The summed E-state index contributed by atoms with van der Waals surface area (Å²) < 4.78 is 11.9. The van der Waals surface area contributed by atoms with Crippen molar-refractivity contribution in [2.45, 2.75) is 25.3 Å². The number of carbonyl (C=O) groups excluding carboxylic acids is 1. The van der Waals surface area contributed by atoms with E-state index in [0.717, 1.165) is 66.7 Å². The van der Waals surface area contributed by atoms with Gasteiger partial charge in [-0.2, -0.15) is 0 Å². The van der Waals surface area contributed by atoms with E-state index in [4.69, 9.17) is 14.5 Å².